The number of aromatic nitrogens is 3. The third-order valence-corrected chi connectivity index (χ3v) is 5.57. The van der Waals surface area contributed by atoms with E-state index in [2.05, 4.69) is 9.98 Å². The zero-order valence-electron chi connectivity index (χ0n) is 20.5. The number of esters is 1. The maximum Gasteiger partial charge on any atom is 0.341 e. The van der Waals surface area contributed by atoms with Crippen molar-refractivity contribution in [2.75, 3.05) is 20.8 Å². The quantitative estimate of drug-likeness (QED) is 0.289. The predicted molar refractivity (Wildman–Crippen MR) is 133 cm³/mol. The van der Waals surface area contributed by atoms with Gasteiger partial charge in [0.1, 0.15) is 16.9 Å². The van der Waals surface area contributed by atoms with Crippen LogP contribution in [0.2, 0.25) is 0 Å². The number of carbonyl (C=O) groups excluding carboxylic acids is 2. The van der Waals surface area contributed by atoms with Gasteiger partial charge in [-0.25, -0.2) is 9.78 Å². The molecule has 0 spiro atoms. The largest absolute Gasteiger partial charge is 0.493 e. The lowest BCUT2D eigenvalue weighted by molar-refractivity contribution is 0.0523. The molecule has 10 nitrogen and oxygen atoms in total. The maximum atomic E-state index is 13.4. The highest BCUT2D eigenvalue weighted by Gasteiger charge is 2.21. The number of hydrogen-bond donors (Lipinski definition) is 0. The van der Waals surface area contributed by atoms with Gasteiger partial charge >= 0.3 is 5.97 Å². The molecule has 3 aromatic heterocycles. The molecule has 0 N–H and O–H groups in total. The fourth-order valence-corrected chi connectivity index (χ4v) is 4.00. The van der Waals surface area contributed by atoms with Crippen molar-refractivity contribution in [2.24, 2.45) is 4.99 Å². The SMILES string of the molecule is CCCn1c(=NC(=O)c2cccc(OC)c2OC)c(C(=O)OCC)cc2c(=O)n3ccccc3nc21. The summed E-state index contributed by atoms with van der Waals surface area (Å²) >= 11 is 0. The number of methoxy groups -OCH3 is 2. The van der Waals surface area contributed by atoms with Crippen LogP contribution in [0.1, 0.15) is 41.0 Å². The molecule has 36 heavy (non-hydrogen) atoms. The molecule has 0 aliphatic carbocycles. The molecule has 0 aliphatic heterocycles. The zero-order valence-corrected chi connectivity index (χ0v) is 20.5. The summed E-state index contributed by atoms with van der Waals surface area (Å²) in [5.74, 6) is -0.772. The Morgan fingerprint density at radius 2 is 1.83 bits per heavy atom. The molecule has 0 saturated heterocycles. The van der Waals surface area contributed by atoms with Gasteiger partial charge in [-0.2, -0.15) is 4.99 Å². The molecule has 1 aromatic carbocycles. The maximum absolute atomic E-state index is 13.4. The average Bonchev–Trinajstić information content (AvgIpc) is 2.89. The summed E-state index contributed by atoms with van der Waals surface area (Å²) in [5, 5.41) is 0.209. The minimum atomic E-state index is -0.703. The van der Waals surface area contributed by atoms with Gasteiger partial charge in [0, 0.05) is 12.7 Å². The topological polar surface area (TPSA) is 113 Å². The second kappa shape index (κ2) is 10.4. The van der Waals surface area contributed by atoms with Gasteiger partial charge in [-0.1, -0.05) is 19.1 Å². The molecule has 186 valence electrons. The van der Waals surface area contributed by atoms with E-state index >= 15 is 0 Å². The lowest BCUT2D eigenvalue weighted by Crippen LogP contribution is -2.32. The Labute approximate surface area is 206 Å². The number of aryl methyl sites for hydroxylation is 1. The third-order valence-electron chi connectivity index (χ3n) is 5.57. The van der Waals surface area contributed by atoms with E-state index in [9.17, 15) is 14.4 Å². The number of rotatable bonds is 7. The average molecular weight is 491 g/mol. The van der Waals surface area contributed by atoms with Crippen LogP contribution in [0.5, 0.6) is 11.5 Å². The van der Waals surface area contributed by atoms with Crippen LogP contribution < -0.4 is 20.5 Å². The molecule has 0 fully saturated rings. The number of nitrogens with zero attached hydrogens (tertiary/aromatic N) is 4. The van der Waals surface area contributed by atoms with E-state index in [4.69, 9.17) is 14.2 Å². The van der Waals surface area contributed by atoms with Crippen LogP contribution in [0.3, 0.4) is 0 Å². The minimum absolute atomic E-state index is 0.0113. The molecule has 0 unspecified atom stereocenters. The summed E-state index contributed by atoms with van der Waals surface area (Å²) < 4.78 is 19.0. The summed E-state index contributed by atoms with van der Waals surface area (Å²) in [5.41, 5.74) is 0.577. The van der Waals surface area contributed by atoms with Crippen molar-refractivity contribution in [1.29, 1.82) is 0 Å². The van der Waals surface area contributed by atoms with Gasteiger partial charge < -0.3 is 18.8 Å². The number of benzene rings is 1. The number of pyridine rings is 2. The smallest absolute Gasteiger partial charge is 0.341 e. The monoisotopic (exact) mass is 490 g/mol. The van der Waals surface area contributed by atoms with Crippen LogP contribution >= 0.6 is 0 Å². The first kappa shape index (κ1) is 24.6. The Morgan fingerprint density at radius 3 is 2.53 bits per heavy atom. The molecule has 4 rings (SSSR count). The molecule has 3 heterocycles. The number of amides is 1. The molecular formula is C26H26N4O6. The Hall–Kier alpha value is -4.47. The molecule has 0 bridgehead atoms. The van der Waals surface area contributed by atoms with Gasteiger partial charge in [-0.05, 0) is 43.7 Å². The predicted octanol–water partition coefficient (Wildman–Crippen LogP) is 2.99. The van der Waals surface area contributed by atoms with E-state index < -0.39 is 11.9 Å². The van der Waals surface area contributed by atoms with Crippen molar-refractivity contribution < 1.29 is 23.8 Å². The van der Waals surface area contributed by atoms with E-state index in [-0.39, 0.29) is 39.9 Å². The molecule has 10 heteroatoms. The van der Waals surface area contributed by atoms with Gasteiger partial charge in [-0.15, -0.1) is 0 Å². The number of fused-ring (bicyclic) bond motifs is 2. The van der Waals surface area contributed by atoms with Crippen LogP contribution in [0.15, 0.2) is 58.4 Å². The van der Waals surface area contributed by atoms with Crippen molar-refractivity contribution in [3.8, 4) is 11.5 Å². The Morgan fingerprint density at radius 1 is 1.03 bits per heavy atom. The van der Waals surface area contributed by atoms with Crippen LogP contribution in [0, 0.1) is 0 Å². The van der Waals surface area contributed by atoms with Crippen LogP contribution in [0.25, 0.3) is 16.7 Å². The molecule has 1 amide bonds. The van der Waals surface area contributed by atoms with Crippen molar-refractivity contribution in [3.63, 3.8) is 0 Å². The van der Waals surface area contributed by atoms with E-state index in [1.54, 1.807) is 54.1 Å². The van der Waals surface area contributed by atoms with Crippen LogP contribution in [0.4, 0.5) is 0 Å². The highest BCUT2D eigenvalue weighted by Crippen LogP contribution is 2.31. The Bertz CT molecular complexity index is 1600. The second-order valence-electron chi connectivity index (χ2n) is 7.79. The highest BCUT2D eigenvalue weighted by molar-refractivity contribution is 5.99. The van der Waals surface area contributed by atoms with E-state index in [1.165, 1.54) is 24.7 Å². The minimum Gasteiger partial charge on any atom is -0.493 e. The number of ether oxygens (including phenoxy) is 3. The summed E-state index contributed by atoms with van der Waals surface area (Å²) in [7, 11) is 2.89. The number of carbonyl (C=O) groups is 2. The van der Waals surface area contributed by atoms with Crippen molar-refractivity contribution >= 4 is 28.6 Å². The van der Waals surface area contributed by atoms with Gasteiger partial charge in [0.15, 0.2) is 17.0 Å². The first-order valence-electron chi connectivity index (χ1n) is 11.5. The van der Waals surface area contributed by atoms with Crippen molar-refractivity contribution in [1.82, 2.24) is 14.0 Å². The normalized spacial score (nSPS) is 11.6. The summed E-state index contributed by atoms with van der Waals surface area (Å²) in [6.45, 7) is 4.06. The molecular weight excluding hydrogens is 464 g/mol. The van der Waals surface area contributed by atoms with Crippen LogP contribution in [-0.4, -0.2) is 46.7 Å². The Balaban J connectivity index is 2.11. The van der Waals surface area contributed by atoms with Gasteiger partial charge in [0.05, 0.1) is 31.8 Å². The van der Waals surface area contributed by atoms with E-state index in [0.29, 0.717) is 30.0 Å². The molecule has 0 atom stereocenters. The lowest BCUT2D eigenvalue weighted by Gasteiger charge is -2.15. The number of para-hydroxylation sites is 1. The second-order valence-corrected chi connectivity index (χ2v) is 7.79. The summed E-state index contributed by atoms with van der Waals surface area (Å²) in [4.78, 5) is 48.7. The molecule has 0 radical (unpaired) electrons. The summed E-state index contributed by atoms with van der Waals surface area (Å²) in [6.07, 6.45) is 2.23. The van der Waals surface area contributed by atoms with Crippen molar-refractivity contribution in [2.45, 2.75) is 26.8 Å². The highest BCUT2D eigenvalue weighted by atomic mass is 16.5. The first-order chi connectivity index (χ1) is 17.4. The molecule has 0 saturated carbocycles. The van der Waals surface area contributed by atoms with E-state index in [1.807, 2.05) is 6.92 Å². The molecule has 0 aliphatic rings. The lowest BCUT2D eigenvalue weighted by atomic mass is 10.1. The zero-order chi connectivity index (χ0) is 25.8. The molecule has 4 aromatic rings. The van der Waals surface area contributed by atoms with Gasteiger partial charge in [-0.3, -0.25) is 14.0 Å². The Kier molecular flexibility index (Phi) is 7.14. The van der Waals surface area contributed by atoms with Gasteiger partial charge in [0.25, 0.3) is 11.5 Å². The van der Waals surface area contributed by atoms with Crippen LogP contribution in [-0.2, 0) is 11.3 Å². The standard InChI is InChI=1S/C26H26N4O6/c1-5-13-30-22-17(25(32)29-14-8-7-12-20(29)27-22)15-18(26(33)36-6-2)23(30)28-24(31)16-10-9-11-19(34-3)21(16)35-4/h7-12,14-15H,5-6,13H2,1-4H3. The third kappa shape index (κ3) is 4.33. The van der Waals surface area contributed by atoms with Crippen molar-refractivity contribution in [3.05, 3.63) is 75.6 Å². The summed E-state index contributed by atoms with van der Waals surface area (Å²) in [6, 6.07) is 11.5. The van der Waals surface area contributed by atoms with E-state index in [0.717, 1.165) is 0 Å². The van der Waals surface area contributed by atoms with Gasteiger partial charge in [0.2, 0.25) is 0 Å². The first-order valence-corrected chi connectivity index (χ1v) is 11.5. The number of hydrogen-bond acceptors (Lipinski definition) is 7. The fraction of sp³-hybridized carbons (Fsp3) is 0.269. The fourth-order valence-electron chi connectivity index (χ4n) is 4.00.